The molecule has 0 fully saturated rings. The number of ether oxygens (including phenoxy) is 1. The zero-order valence-corrected chi connectivity index (χ0v) is 14.2. The van der Waals surface area contributed by atoms with Crippen molar-refractivity contribution in [3.8, 4) is 10.6 Å². The summed E-state index contributed by atoms with van der Waals surface area (Å²) in [5.41, 5.74) is 1.89. The van der Waals surface area contributed by atoms with Crippen LogP contribution in [0.5, 0.6) is 0 Å². The van der Waals surface area contributed by atoms with E-state index in [-0.39, 0.29) is 18.3 Å². The number of nitrogens with zero attached hydrogens (tertiary/aromatic N) is 2. The third kappa shape index (κ3) is 4.64. The number of carbonyl (C=O) groups is 2. The first kappa shape index (κ1) is 16.6. The molecule has 2 heterocycles. The van der Waals surface area contributed by atoms with E-state index < -0.39 is 0 Å². The minimum Gasteiger partial charge on any atom is -0.469 e. The second kappa shape index (κ2) is 8.05. The number of rotatable bonds is 7. The molecule has 0 unspecified atom stereocenters. The molecule has 0 saturated carbocycles. The Labute approximate surface area is 137 Å². The van der Waals surface area contributed by atoms with Crippen molar-refractivity contribution < 1.29 is 14.3 Å². The van der Waals surface area contributed by atoms with Gasteiger partial charge < -0.3 is 9.64 Å². The van der Waals surface area contributed by atoms with E-state index in [1.807, 2.05) is 22.2 Å². The van der Waals surface area contributed by atoms with Gasteiger partial charge in [0.1, 0.15) is 5.01 Å². The second-order valence-electron chi connectivity index (χ2n) is 4.83. The number of carbonyl (C=O) groups excluding carboxylic acids is 2. The van der Waals surface area contributed by atoms with Crippen molar-refractivity contribution in [1.82, 2.24) is 9.88 Å². The van der Waals surface area contributed by atoms with E-state index in [0.717, 1.165) is 16.3 Å². The van der Waals surface area contributed by atoms with Crippen LogP contribution in [0.3, 0.4) is 0 Å². The van der Waals surface area contributed by atoms with Gasteiger partial charge in [0.25, 0.3) is 0 Å². The summed E-state index contributed by atoms with van der Waals surface area (Å²) in [4.78, 5) is 29.3. The smallest absolute Gasteiger partial charge is 0.305 e. The van der Waals surface area contributed by atoms with Crippen LogP contribution in [0.2, 0.25) is 0 Å². The number of aromatic nitrogens is 1. The normalized spacial score (nSPS) is 10.5. The monoisotopic (exact) mass is 338 g/mol. The standard InChI is InChI=1S/C15H18N2O3S2/c1-17(6-3-4-14(19)20-2)13(18)8-12-10-22-15(16-12)11-5-7-21-9-11/h5,7,9-10H,3-4,6,8H2,1-2H3. The molecule has 7 heteroatoms. The Morgan fingerprint density at radius 3 is 2.86 bits per heavy atom. The second-order valence-corrected chi connectivity index (χ2v) is 6.47. The number of amides is 1. The maximum Gasteiger partial charge on any atom is 0.305 e. The number of hydrogen-bond acceptors (Lipinski definition) is 6. The molecule has 5 nitrogen and oxygen atoms in total. The van der Waals surface area contributed by atoms with Gasteiger partial charge in [0.05, 0.1) is 19.2 Å². The first-order chi connectivity index (χ1) is 10.6. The maximum absolute atomic E-state index is 12.1. The lowest BCUT2D eigenvalue weighted by molar-refractivity contribution is -0.141. The molecule has 0 bridgehead atoms. The Morgan fingerprint density at radius 2 is 2.18 bits per heavy atom. The highest BCUT2D eigenvalue weighted by molar-refractivity contribution is 7.14. The van der Waals surface area contributed by atoms with Crippen molar-refractivity contribution in [2.45, 2.75) is 19.3 Å². The zero-order chi connectivity index (χ0) is 15.9. The van der Waals surface area contributed by atoms with Gasteiger partial charge in [-0.1, -0.05) is 0 Å². The van der Waals surface area contributed by atoms with Crippen molar-refractivity contribution in [2.75, 3.05) is 20.7 Å². The van der Waals surface area contributed by atoms with E-state index in [9.17, 15) is 9.59 Å². The van der Waals surface area contributed by atoms with Crippen LogP contribution in [-0.2, 0) is 20.7 Å². The molecule has 2 aromatic rings. The third-order valence-electron chi connectivity index (χ3n) is 3.18. The van der Waals surface area contributed by atoms with Gasteiger partial charge >= 0.3 is 5.97 Å². The minimum atomic E-state index is -0.249. The van der Waals surface area contributed by atoms with Gasteiger partial charge in [0.15, 0.2) is 0 Å². The molecule has 0 radical (unpaired) electrons. The Morgan fingerprint density at radius 1 is 1.36 bits per heavy atom. The molecule has 0 aliphatic heterocycles. The molecule has 0 saturated heterocycles. The number of thiazole rings is 1. The molecular formula is C15H18N2O3S2. The van der Waals surface area contributed by atoms with Crippen molar-refractivity contribution in [3.63, 3.8) is 0 Å². The fourth-order valence-corrected chi connectivity index (χ4v) is 3.42. The van der Waals surface area contributed by atoms with Crippen molar-refractivity contribution in [2.24, 2.45) is 0 Å². The van der Waals surface area contributed by atoms with Crippen molar-refractivity contribution in [3.05, 3.63) is 27.9 Å². The van der Waals surface area contributed by atoms with Crippen LogP contribution in [0.1, 0.15) is 18.5 Å². The summed E-state index contributed by atoms with van der Waals surface area (Å²) in [6.45, 7) is 0.537. The first-order valence-electron chi connectivity index (χ1n) is 6.88. The molecule has 0 aliphatic rings. The molecule has 22 heavy (non-hydrogen) atoms. The van der Waals surface area contributed by atoms with Crippen molar-refractivity contribution in [1.29, 1.82) is 0 Å². The maximum atomic E-state index is 12.1. The van der Waals surface area contributed by atoms with Crippen molar-refractivity contribution >= 4 is 34.6 Å². The van der Waals surface area contributed by atoms with Gasteiger partial charge in [0, 0.05) is 36.3 Å². The van der Waals surface area contributed by atoms with Gasteiger partial charge in [-0.25, -0.2) is 4.98 Å². The van der Waals surface area contributed by atoms with Crippen LogP contribution < -0.4 is 0 Å². The minimum absolute atomic E-state index is 0.00651. The first-order valence-corrected chi connectivity index (χ1v) is 8.70. The summed E-state index contributed by atoms with van der Waals surface area (Å²) < 4.78 is 4.58. The molecule has 2 rings (SSSR count). The summed E-state index contributed by atoms with van der Waals surface area (Å²) in [5.74, 6) is -0.243. The lowest BCUT2D eigenvalue weighted by Crippen LogP contribution is -2.29. The van der Waals surface area contributed by atoms with E-state index in [0.29, 0.717) is 19.4 Å². The Kier molecular flexibility index (Phi) is 6.09. The number of thiophene rings is 1. The molecule has 0 aliphatic carbocycles. The van der Waals surface area contributed by atoms with Gasteiger partial charge in [0.2, 0.25) is 5.91 Å². The van der Waals surface area contributed by atoms with Crippen LogP contribution in [0.25, 0.3) is 10.6 Å². The quantitative estimate of drug-likeness (QED) is 0.729. The lowest BCUT2D eigenvalue weighted by Gasteiger charge is -2.16. The molecule has 0 atom stereocenters. The van der Waals surface area contributed by atoms with E-state index in [1.54, 1.807) is 34.6 Å². The van der Waals surface area contributed by atoms with E-state index in [4.69, 9.17) is 0 Å². The Hall–Kier alpha value is -1.73. The highest BCUT2D eigenvalue weighted by atomic mass is 32.1. The fraction of sp³-hybridized carbons (Fsp3) is 0.400. The van der Waals surface area contributed by atoms with Gasteiger partial charge in [-0.3, -0.25) is 9.59 Å². The highest BCUT2D eigenvalue weighted by Gasteiger charge is 2.13. The number of likely N-dealkylation sites (N-methyl/N-ethyl adjacent to an activating group) is 1. The molecular weight excluding hydrogens is 320 g/mol. The van der Waals surface area contributed by atoms with Crippen LogP contribution in [0.4, 0.5) is 0 Å². The van der Waals surface area contributed by atoms with Gasteiger partial charge in [-0.15, -0.1) is 11.3 Å². The fourth-order valence-electron chi connectivity index (χ4n) is 1.88. The van der Waals surface area contributed by atoms with E-state index in [1.165, 1.54) is 7.11 Å². The third-order valence-corrected chi connectivity index (χ3v) is 4.80. The summed E-state index contributed by atoms with van der Waals surface area (Å²) in [5, 5.41) is 6.92. The predicted molar refractivity (Wildman–Crippen MR) is 88.0 cm³/mol. The summed E-state index contributed by atoms with van der Waals surface area (Å²) in [6, 6.07) is 2.02. The average Bonchev–Trinajstić information content (AvgIpc) is 3.17. The molecule has 0 spiro atoms. The van der Waals surface area contributed by atoms with Crippen LogP contribution in [-0.4, -0.2) is 42.5 Å². The van der Waals surface area contributed by atoms with E-state index in [2.05, 4.69) is 9.72 Å². The Balaban J connectivity index is 1.82. The number of esters is 1. The molecule has 2 aromatic heterocycles. The van der Waals surface area contributed by atoms with Crippen LogP contribution >= 0.6 is 22.7 Å². The van der Waals surface area contributed by atoms with Crippen LogP contribution in [0, 0.1) is 0 Å². The number of hydrogen-bond donors (Lipinski definition) is 0. The Bertz CT molecular complexity index is 623. The predicted octanol–water partition coefficient (Wildman–Crippen LogP) is 2.83. The topological polar surface area (TPSA) is 59.5 Å². The number of methoxy groups -OCH3 is 1. The largest absolute Gasteiger partial charge is 0.469 e. The summed E-state index contributed by atoms with van der Waals surface area (Å²) in [7, 11) is 3.11. The molecule has 1 amide bonds. The highest BCUT2D eigenvalue weighted by Crippen LogP contribution is 2.25. The molecule has 0 N–H and O–H groups in total. The lowest BCUT2D eigenvalue weighted by atomic mass is 10.2. The zero-order valence-electron chi connectivity index (χ0n) is 12.6. The van der Waals surface area contributed by atoms with Gasteiger partial charge in [-0.05, 0) is 17.9 Å². The summed E-state index contributed by atoms with van der Waals surface area (Å²) >= 11 is 3.18. The van der Waals surface area contributed by atoms with E-state index >= 15 is 0 Å². The van der Waals surface area contributed by atoms with Crippen LogP contribution in [0.15, 0.2) is 22.2 Å². The molecule has 0 aromatic carbocycles. The SMILES string of the molecule is COC(=O)CCCN(C)C(=O)Cc1csc(-c2ccsc2)n1. The van der Waals surface area contributed by atoms with Gasteiger partial charge in [-0.2, -0.15) is 11.3 Å². The average molecular weight is 338 g/mol. The molecule has 118 valence electrons. The summed E-state index contributed by atoms with van der Waals surface area (Å²) in [6.07, 6.45) is 1.22.